The topological polar surface area (TPSA) is 46.3 Å². The highest BCUT2D eigenvalue weighted by Gasteiger charge is 2.35. The zero-order valence-corrected chi connectivity index (χ0v) is 11.9. The molecule has 2 aromatic rings. The van der Waals surface area contributed by atoms with Gasteiger partial charge in [-0.2, -0.15) is 0 Å². The van der Waals surface area contributed by atoms with Crippen LogP contribution in [-0.4, -0.2) is 17.4 Å². The Kier molecular flexibility index (Phi) is 2.74. The van der Waals surface area contributed by atoms with E-state index in [4.69, 9.17) is 5.73 Å². The van der Waals surface area contributed by atoms with Gasteiger partial charge in [-0.1, -0.05) is 36.4 Å². The fourth-order valence-corrected chi connectivity index (χ4v) is 3.49. The van der Waals surface area contributed by atoms with Crippen LogP contribution in [0.4, 0.5) is 5.69 Å². The second kappa shape index (κ2) is 4.62. The highest BCUT2D eigenvalue weighted by Crippen LogP contribution is 2.37. The van der Waals surface area contributed by atoms with E-state index < -0.39 is 0 Å². The van der Waals surface area contributed by atoms with Gasteiger partial charge < -0.3 is 10.6 Å². The molecule has 0 saturated heterocycles. The molecule has 2 N–H and O–H groups in total. The van der Waals surface area contributed by atoms with Crippen molar-refractivity contribution < 1.29 is 4.79 Å². The Labute approximate surface area is 124 Å². The molecule has 1 amide bonds. The van der Waals surface area contributed by atoms with Gasteiger partial charge in [0.05, 0.1) is 5.92 Å². The molecular formula is C18H18N2O. The first-order valence-electron chi connectivity index (χ1n) is 7.47. The third kappa shape index (κ3) is 1.92. The fourth-order valence-electron chi connectivity index (χ4n) is 3.49. The molecule has 3 heteroatoms. The molecule has 0 saturated carbocycles. The van der Waals surface area contributed by atoms with E-state index in [1.165, 1.54) is 16.7 Å². The summed E-state index contributed by atoms with van der Waals surface area (Å²) < 4.78 is 0. The number of amides is 1. The molecule has 21 heavy (non-hydrogen) atoms. The van der Waals surface area contributed by atoms with Crippen molar-refractivity contribution >= 4 is 11.6 Å². The number of nitrogen functional groups attached to an aromatic ring is 1. The van der Waals surface area contributed by atoms with E-state index in [9.17, 15) is 4.79 Å². The van der Waals surface area contributed by atoms with Crippen molar-refractivity contribution in [2.24, 2.45) is 0 Å². The monoisotopic (exact) mass is 278 g/mol. The predicted molar refractivity (Wildman–Crippen MR) is 82.9 cm³/mol. The van der Waals surface area contributed by atoms with Gasteiger partial charge in [-0.3, -0.25) is 4.79 Å². The molecule has 3 nitrogen and oxygen atoms in total. The Morgan fingerprint density at radius 1 is 1.10 bits per heavy atom. The van der Waals surface area contributed by atoms with E-state index in [0.717, 1.165) is 30.6 Å². The average molecular weight is 278 g/mol. The molecule has 1 heterocycles. The van der Waals surface area contributed by atoms with Crippen LogP contribution >= 0.6 is 0 Å². The van der Waals surface area contributed by atoms with E-state index >= 15 is 0 Å². The van der Waals surface area contributed by atoms with Crippen LogP contribution in [-0.2, 0) is 24.2 Å². The quantitative estimate of drug-likeness (QED) is 0.815. The second-order valence-corrected chi connectivity index (χ2v) is 5.95. The van der Waals surface area contributed by atoms with Crippen molar-refractivity contribution in [3.8, 4) is 0 Å². The van der Waals surface area contributed by atoms with E-state index in [1.807, 2.05) is 29.2 Å². The van der Waals surface area contributed by atoms with Crippen LogP contribution in [0.1, 0.15) is 28.2 Å². The molecule has 1 unspecified atom stereocenters. The number of fused-ring (bicyclic) bond motifs is 2. The molecule has 4 rings (SSSR count). The lowest BCUT2D eigenvalue weighted by molar-refractivity contribution is -0.134. The van der Waals surface area contributed by atoms with Crippen LogP contribution in [0.25, 0.3) is 0 Å². The highest BCUT2D eigenvalue weighted by molar-refractivity contribution is 5.87. The zero-order chi connectivity index (χ0) is 14.4. The molecule has 2 aromatic carbocycles. The van der Waals surface area contributed by atoms with E-state index in [1.54, 1.807) is 0 Å². The van der Waals surface area contributed by atoms with Gasteiger partial charge in [-0.05, 0) is 41.2 Å². The molecule has 2 aliphatic rings. The van der Waals surface area contributed by atoms with Gasteiger partial charge in [0, 0.05) is 18.8 Å². The number of nitrogens with zero attached hydrogens (tertiary/aromatic N) is 1. The van der Waals surface area contributed by atoms with E-state index in [-0.39, 0.29) is 11.8 Å². The van der Waals surface area contributed by atoms with E-state index in [0.29, 0.717) is 6.54 Å². The summed E-state index contributed by atoms with van der Waals surface area (Å²) >= 11 is 0. The molecule has 0 fully saturated rings. The van der Waals surface area contributed by atoms with Gasteiger partial charge in [-0.25, -0.2) is 0 Å². The van der Waals surface area contributed by atoms with Crippen LogP contribution in [0.3, 0.4) is 0 Å². The first-order valence-corrected chi connectivity index (χ1v) is 7.47. The summed E-state index contributed by atoms with van der Waals surface area (Å²) in [6.07, 6.45) is 1.78. The second-order valence-electron chi connectivity index (χ2n) is 5.95. The number of anilines is 1. The summed E-state index contributed by atoms with van der Waals surface area (Å²) in [5.74, 6) is 0.301. The minimum absolute atomic E-state index is 0.0488. The largest absolute Gasteiger partial charge is 0.398 e. The molecule has 106 valence electrons. The molecule has 1 atom stereocenters. The van der Waals surface area contributed by atoms with Gasteiger partial charge in [0.15, 0.2) is 0 Å². The first-order chi connectivity index (χ1) is 10.2. The summed E-state index contributed by atoms with van der Waals surface area (Å²) in [6, 6.07) is 14.3. The summed E-state index contributed by atoms with van der Waals surface area (Å²) in [6.45, 7) is 1.45. The van der Waals surface area contributed by atoms with Crippen molar-refractivity contribution in [1.82, 2.24) is 4.90 Å². The smallest absolute Gasteiger partial charge is 0.230 e. The lowest BCUT2D eigenvalue weighted by Gasteiger charge is -2.36. The molecule has 0 bridgehead atoms. The predicted octanol–water partition coefficient (Wildman–Crippen LogP) is 2.49. The molecule has 1 aliphatic heterocycles. The lowest BCUT2D eigenvalue weighted by Crippen LogP contribution is -2.42. The first kappa shape index (κ1) is 12.5. The van der Waals surface area contributed by atoms with Crippen LogP contribution in [0.2, 0.25) is 0 Å². The number of hydrogen-bond acceptors (Lipinski definition) is 2. The zero-order valence-electron chi connectivity index (χ0n) is 11.9. The Balaban J connectivity index is 1.57. The Morgan fingerprint density at radius 2 is 1.90 bits per heavy atom. The number of hydrogen-bond donors (Lipinski definition) is 1. The van der Waals surface area contributed by atoms with Gasteiger partial charge in [0.1, 0.15) is 0 Å². The van der Waals surface area contributed by atoms with Gasteiger partial charge in [-0.15, -0.1) is 0 Å². The van der Waals surface area contributed by atoms with Crippen LogP contribution < -0.4 is 5.73 Å². The van der Waals surface area contributed by atoms with Crippen LogP contribution in [0, 0.1) is 0 Å². The summed E-state index contributed by atoms with van der Waals surface area (Å²) in [5, 5.41) is 0. The maximum Gasteiger partial charge on any atom is 0.230 e. The Morgan fingerprint density at radius 3 is 2.76 bits per heavy atom. The van der Waals surface area contributed by atoms with Crippen LogP contribution in [0.15, 0.2) is 42.5 Å². The number of benzene rings is 2. The van der Waals surface area contributed by atoms with Gasteiger partial charge in [0.2, 0.25) is 5.91 Å². The van der Waals surface area contributed by atoms with Crippen molar-refractivity contribution in [2.75, 3.05) is 12.3 Å². The maximum absolute atomic E-state index is 12.7. The van der Waals surface area contributed by atoms with Crippen molar-refractivity contribution in [3.05, 3.63) is 64.7 Å². The van der Waals surface area contributed by atoms with Gasteiger partial charge >= 0.3 is 0 Å². The number of rotatable bonds is 1. The normalized spacial score (nSPS) is 19.4. The molecular weight excluding hydrogens is 260 g/mol. The van der Waals surface area contributed by atoms with Crippen molar-refractivity contribution in [2.45, 2.75) is 25.3 Å². The standard InChI is InChI=1S/C18H18N2O/c19-17-7-3-5-12-8-9-20(11-16(12)17)18(21)15-10-13-4-1-2-6-14(13)15/h1-7,15H,8-11,19H2. The summed E-state index contributed by atoms with van der Waals surface area (Å²) in [7, 11) is 0. The Bertz CT molecular complexity index is 723. The number of nitrogens with two attached hydrogens (primary N) is 1. The number of carbonyl (C=O) groups is 1. The lowest BCUT2D eigenvalue weighted by atomic mass is 9.76. The molecule has 0 spiro atoms. The molecule has 0 radical (unpaired) electrons. The van der Waals surface area contributed by atoms with Crippen LogP contribution in [0.5, 0.6) is 0 Å². The maximum atomic E-state index is 12.7. The average Bonchev–Trinajstić information content (AvgIpc) is 2.48. The minimum Gasteiger partial charge on any atom is -0.398 e. The van der Waals surface area contributed by atoms with E-state index in [2.05, 4.69) is 18.2 Å². The SMILES string of the molecule is Nc1cccc2c1CN(C(=O)C1Cc3ccccc31)CC2. The number of carbonyl (C=O) groups excluding carboxylic acids is 1. The van der Waals surface area contributed by atoms with Gasteiger partial charge in [0.25, 0.3) is 0 Å². The Hall–Kier alpha value is -2.29. The molecule has 1 aliphatic carbocycles. The highest BCUT2D eigenvalue weighted by atomic mass is 16.2. The fraction of sp³-hybridized carbons (Fsp3) is 0.278. The minimum atomic E-state index is 0.0488. The van der Waals surface area contributed by atoms with Crippen molar-refractivity contribution in [3.63, 3.8) is 0 Å². The summed E-state index contributed by atoms with van der Waals surface area (Å²) in [4.78, 5) is 14.7. The van der Waals surface area contributed by atoms with Crippen molar-refractivity contribution in [1.29, 1.82) is 0 Å². The third-order valence-electron chi connectivity index (χ3n) is 4.77. The third-order valence-corrected chi connectivity index (χ3v) is 4.77. The summed E-state index contributed by atoms with van der Waals surface area (Å²) in [5.41, 5.74) is 11.8. The molecule has 0 aromatic heterocycles.